The van der Waals surface area contributed by atoms with Crippen LogP contribution in [0.2, 0.25) is 0 Å². The molecule has 2 aromatic rings. The van der Waals surface area contributed by atoms with Crippen molar-refractivity contribution in [2.24, 2.45) is 5.10 Å². The largest absolute Gasteiger partial charge is 0.496 e. The standard InChI is InChI=1S/C17H19N3O4/c1-22-13-9-15(23-2)14(16(10-13)24-3)11-18-19-17(21)12-20-7-5-4-6-8-20/h4-11H,12H2,1-3H3/p+1. The zero-order chi connectivity index (χ0) is 17.4. The molecule has 0 atom stereocenters. The van der Waals surface area contributed by atoms with Crippen LogP contribution in [-0.4, -0.2) is 33.5 Å². The van der Waals surface area contributed by atoms with Gasteiger partial charge in [-0.2, -0.15) is 9.67 Å². The number of carbonyl (C=O) groups is 1. The maximum Gasteiger partial charge on any atom is 0.305 e. The van der Waals surface area contributed by atoms with Crippen molar-refractivity contribution in [1.29, 1.82) is 0 Å². The number of nitrogens with zero attached hydrogens (tertiary/aromatic N) is 2. The number of carbonyl (C=O) groups excluding carboxylic acids is 1. The van der Waals surface area contributed by atoms with E-state index in [4.69, 9.17) is 14.2 Å². The van der Waals surface area contributed by atoms with Gasteiger partial charge in [-0.1, -0.05) is 6.07 Å². The molecule has 2 rings (SSSR count). The normalized spacial score (nSPS) is 10.5. The maximum atomic E-state index is 11.9. The number of amides is 1. The molecular weight excluding hydrogens is 310 g/mol. The van der Waals surface area contributed by atoms with Crippen LogP contribution in [-0.2, 0) is 11.3 Å². The highest BCUT2D eigenvalue weighted by molar-refractivity contribution is 5.89. The number of ether oxygens (including phenoxy) is 3. The highest BCUT2D eigenvalue weighted by Gasteiger charge is 2.12. The van der Waals surface area contributed by atoms with Gasteiger partial charge in [-0.15, -0.1) is 0 Å². The van der Waals surface area contributed by atoms with Gasteiger partial charge in [0, 0.05) is 24.3 Å². The van der Waals surface area contributed by atoms with Crippen LogP contribution < -0.4 is 24.2 Å². The molecular formula is C17H20N3O4+. The molecule has 0 saturated heterocycles. The second kappa shape index (κ2) is 8.52. The zero-order valence-corrected chi connectivity index (χ0v) is 13.9. The average Bonchev–Trinajstić information content (AvgIpc) is 2.62. The van der Waals surface area contributed by atoms with Crippen molar-refractivity contribution in [1.82, 2.24) is 5.43 Å². The molecule has 0 spiro atoms. The van der Waals surface area contributed by atoms with Gasteiger partial charge in [0.1, 0.15) is 17.2 Å². The van der Waals surface area contributed by atoms with Gasteiger partial charge >= 0.3 is 5.91 Å². The van der Waals surface area contributed by atoms with Crippen molar-refractivity contribution in [2.75, 3.05) is 21.3 Å². The summed E-state index contributed by atoms with van der Waals surface area (Å²) in [5.74, 6) is 1.42. The Labute approximate surface area is 140 Å². The van der Waals surface area contributed by atoms with Crippen LogP contribution in [0, 0.1) is 0 Å². The maximum absolute atomic E-state index is 11.9. The summed E-state index contributed by atoms with van der Waals surface area (Å²) in [6, 6.07) is 9.01. The summed E-state index contributed by atoms with van der Waals surface area (Å²) in [6.07, 6.45) is 5.09. The Balaban J connectivity index is 2.09. The van der Waals surface area contributed by atoms with Crippen molar-refractivity contribution in [3.05, 3.63) is 48.3 Å². The molecule has 7 nitrogen and oxygen atoms in total. The van der Waals surface area contributed by atoms with Crippen molar-refractivity contribution in [2.45, 2.75) is 6.54 Å². The lowest BCUT2D eigenvalue weighted by Gasteiger charge is -2.12. The minimum atomic E-state index is -0.242. The van der Waals surface area contributed by atoms with Crippen molar-refractivity contribution >= 4 is 12.1 Å². The van der Waals surface area contributed by atoms with E-state index < -0.39 is 0 Å². The number of benzene rings is 1. The SMILES string of the molecule is COc1cc(OC)c(C=NNC(=O)C[n+]2ccccc2)c(OC)c1. The molecule has 1 aromatic carbocycles. The molecule has 7 heteroatoms. The van der Waals surface area contributed by atoms with E-state index in [-0.39, 0.29) is 12.5 Å². The molecule has 0 saturated carbocycles. The lowest BCUT2D eigenvalue weighted by atomic mass is 10.2. The zero-order valence-electron chi connectivity index (χ0n) is 13.9. The summed E-state index contributed by atoms with van der Waals surface area (Å²) in [6.45, 7) is 0.176. The van der Waals surface area contributed by atoms with Crippen LogP contribution in [0.3, 0.4) is 0 Å². The summed E-state index contributed by atoms with van der Waals surface area (Å²) in [7, 11) is 4.63. The van der Waals surface area contributed by atoms with E-state index in [9.17, 15) is 4.79 Å². The van der Waals surface area contributed by atoms with E-state index in [1.54, 1.807) is 36.2 Å². The summed E-state index contributed by atoms with van der Waals surface area (Å²) >= 11 is 0. The molecule has 1 N–H and O–H groups in total. The molecule has 0 aliphatic heterocycles. The lowest BCUT2D eigenvalue weighted by Crippen LogP contribution is -2.40. The summed E-state index contributed by atoms with van der Waals surface area (Å²) in [4.78, 5) is 11.9. The predicted octanol–water partition coefficient (Wildman–Crippen LogP) is 1.15. The molecule has 0 unspecified atom stereocenters. The van der Waals surface area contributed by atoms with Gasteiger partial charge in [0.15, 0.2) is 12.4 Å². The number of hydrogen-bond acceptors (Lipinski definition) is 5. The fourth-order valence-corrected chi connectivity index (χ4v) is 2.07. The van der Waals surface area contributed by atoms with Crippen LogP contribution in [0.4, 0.5) is 0 Å². The smallest absolute Gasteiger partial charge is 0.305 e. The van der Waals surface area contributed by atoms with Crippen LogP contribution in [0.15, 0.2) is 47.8 Å². The van der Waals surface area contributed by atoms with Crippen molar-refractivity contribution in [3.8, 4) is 17.2 Å². The fourth-order valence-electron chi connectivity index (χ4n) is 2.07. The number of hydrazone groups is 1. The Morgan fingerprint density at radius 1 is 1.08 bits per heavy atom. The van der Waals surface area contributed by atoms with Crippen molar-refractivity contribution < 1.29 is 23.6 Å². The Morgan fingerprint density at radius 2 is 1.71 bits per heavy atom. The van der Waals surface area contributed by atoms with Crippen LogP contribution in [0.25, 0.3) is 0 Å². The molecule has 0 bridgehead atoms. The van der Waals surface area contributed by atoms with Gasteiger partial charge in [-0.3, -0.25) is 4.79 Å². The van der Waals surface area contributed by atoms with Gasteiger partial charge in [0.25, 0.3) is 0 Å². The third-order valence-electron chi connectivity index (χ3n) is 3.24. The second-order valence-electron chi connectivity index (χ2n) is 4.79. The third kappa shape index (κ3) is 4.45. The summed E-state index contributed by atoms with van der Waals surface area (Å²) in [5, 5.41) is 3.97. The summed E-state index contributed by atoms with van der Waals surface area (Å²) in [5.41, 5.74) is 3.08. The van der Waals surface area contributed by atoms with E-state index in [0.29, 0.717) is 22.8 Å². The first-order valence-electron chi connectivity index (χ1n) is 7.24. The van der Waals surface area contributed by atoms with Gasteiger partial charge in [-0.25, -0.2) is 5.43 Å². The van der Waals surface area contributed by atoms with Gasteiger partial charge in [-0.05, 0) is 0 Å². The Kier molecular flexibility index (Phi) is 6.13. The minimum Gasteiger partial charge on any atom is -0.496 e. The van der Waals surface area contributed by atoms with E-state index in [0.717, 1.165) is 0 Å². The van der Waals surface area contributed by atoms with Crippen LogP contribution in [0.5, 0.6) is 17.2 Å². The highest BCUT2D eigenvalue weighted by Crippen LogP contribution is 2.32. The molecule has 1 amide bonds. The van der Waals surface area contributed by atoms with Crippen molar-refractivity contribution in [3.63, 3.8) is 0 Å². The quantitative estimate of drug-likeness (QED) is 0.470. The van der Waals surface area contributed by atoms with E-state index in [2.05, 4.69) is 10.5 Å². The Morgan fingerprint density at radius 3 is 2.25 bits per heavy atom. The number of methoxy groups -OCH3 is 3. The number of rotatable bonds is 7. The van der Waals surface area contributed by atoms with E-state index in [1.807, 2.05) is 18.2 Å². The molecule has 24 heavy (non-hydrogen) atoms. The predicted molar refractivity (Wildman–Crippen MR) is 88.5 cm³/mol. The lowest BCUT2D eigenvalue weighted by molar-refractivity contribution is -0.684. The Bertz CT molecular complexity index is 692. The van der Waals surface area contributed by atoms with E-state index in [1.165, 1.54) is 20.4 Å². The molecule has 126 valence electrons. The molecule has 0 fully saturated rings. The molecule has 1 aromatic heterocycles. The average molecular weight is 330 g/mol. The molecule has 1 heterocycles. The summed E-state index contributed by atoms with van der Waals surface area (Å²) < 4.78 is 17.6. The third-order valence-corrected chi connectivity index (χ3v) is 3.24. The minimum absolute atomic E-state index is 0.176. The number of hydrogen-bond donors (Lipinski definition) is 1. The number of aromatic nitrogens is 1. The monoisotopic (exact) mass is 330 g/mol. The first-order chi connectivity index (χ1) is 11.7. The molecule has 0 aliphatic rings. The first-order valence-corrected chi connectivity index (χ1v) is 7.24. The van der Waals surface area contributed by atoms with E-state index >= 15 is 0 Å². The van der Waals surface area contributed by atoms with Crippen LogP contribution in [0.1, 0.15) is 5.56 Å². The highest BCUT2D eigenvalue weighted by atomic mass is 16.5. The number of nitrogens with one attached hydrogen (secondary N) is 1. The van der Waals surface area contributed by atoms with Gasteiger partial charge < -0.3 is 14.2 Å². The second-order valence-corrected chi connectivity index (χ2v) is 4.79. The molecule has 0 aliphatic carbocycles. The van der Waals surface area contributed by atoms with Gasteiger partial charge in [0.2, 0.25) is 6.54 Å². The fraction of sp³-hybridized carbons (Fsp3) is 0.235. The topological polar surface area (TPSA) is 73.0 Å². The molecule has 0 radical (unpaired) electrons. The number of pyridine rings is 1. The first kappa shape index (κ1) is 17.3. The Hall–Kier alpha value is -3.09. The van der Waals surface area contributed by atoms with Crippen LogP contribution >= 0.6 is 0 Å². The van der Waals surface area contributed by atoms with Gasteiger partial charge in [0.05, 0.1) is 33.1 Å².